The zero-order valence-electron chi connectivity index (χ0n) is 17.0. The van der Waals surface area contributed by atoms with Crippen LogP contribution in [0, 0.1) is 0 Å². The summed E-state index contributed by atoms with van der Waals surface area (Å²) in [5.74, 6) is 0.766. The normalized spacial score (nSPS) is 12.7. The van der Waals surface area contributed by atoms with Crippen LogP contribution in [-0.2, 0) is 11.3 Å². The van der Waals surface area contributed by atoms with Crippen LogP contribution in [0.1, 0.15) is 23.7 Å². The number of amides is 1. The summed E-state index contributed by atoms with van der Waals surface area (Å²) in [6, 6.07) is 15.0. The van der Waals surface area contributed by atoms with E-state index in [2.05, 4.69) is 10.4 Å². The summed E-state index contributed by atoms with van der Waals surface area (Å²) in [6.07, 6.45) is 0.803. The van der Waals surface area contributed by atoms with Gasteiger partial charge in [-0.05, 0) is 43.3 Å². The number of ether oxygens (including phenoxy) is 2. The summed E-state index contributed by atoms with van der Waals surface area (Å²) in [7, 11) is 0. The summed E-state index contributed by atoms with van der Waals surface area (Å²) < 4.78 is 12.5. The number of Topliss-reactive ketones (excluding diaryl/α,β-unsaturated/α-hetero) is 1. The molecule has 2 heterocycles. The van der Waals surface area contributed by atoms with Crippen molar-refractivity contribution in [1.82, 2.24) is 9.78 Å². The summed E-state index contributed by atoms with van der Waals surface area (Å²) in [5.41, 5.74) is 1.84. The first-order valence-corrected chi connectivity index (χ1v) is 9.89. The Morgan fingerprint density at radius 2 is 1.84 bits per heavy atom. The topological polar surface area (TPSA) is 99.5 Å². The molecule has 1 aliphatic rings. The molecule has 0 atom stereocenters. The molecule has 1 aromatic heterocycles. The first kappa shape index (κ1) is 20.3. The van der Waals surface area contributed by atoms with E-state index in [-0.39, 0.29) is 12.3 Å². The molecule has 31 heavy (non-hydrogen) atoms. The highest BCUT2D eigenvalue weighted by Gasteiger charge is 2.14. The minimum absolute atomic E-state index is 0.100. The van der Waals surface area contributed by atoms with E-state index in [1.165, 1.54) is 13.0 Å². The Labute approximate surface area is 178 Å². The molecule has 8 nitrogen and oxygen atoms in total. The number of benzene rings is 2. The predicted molar refractivity (Wildman–Crippen MR) is 115 cm³/mol. The Kier molecular flexibility index (Phi) is 5.79. The summed E-state index contributed by atoms with van der Waals surface area (Å²) in [6.45, 7) is 2.35. The molecule has 0 bridgehead atoms. The molecular formula is C23H21N3O5. The molecule has 1 aliphatic heterocycles. The molecule has 8 heteroatoms. The Balaban J connectivity index is 1.54. The highest BCUT2D eigenvalue weighted by atomic mass is 16.5. The second-order valence-corrected chi connectivity index (χ2v) is 7.11. The maximum Gasteiger partial charge on any atom is 0.267 e. The number of anilines is 1. The monoisotopic (exact) mass is 419 g/mol. The fourth-order valence-corrected chi connectivity index (χ4v) is 3.19. The highest BCUT2D eigenvalue weighted by Crippen LogP contribution is 2.33. The lowest BCUT2D eigenvalue weighted by Crippen LogP contribution is -2.29. The van der Waals surface area contributed by atoms with Crippen LogP contribution in [0.4, 0.5) is 5.69 Å². The van der Waals surface area contributed by atoms with Crippen molar-refractivity contribution in [1.29, 1.82) is 0 Å². The zero-order valence-corrected chi connectivity index (χ0v) is 17.0. The minimum atomic E-state index is -0.425. The van der Waals surface area contributed by atoms with Crippen molar-refractivity contribution < 1.29 is 19.1 Å². The highest BCUT2D eigenvalue weighted by molar-refractivity contribution is 5.97. The van der Waals surface area contributed by atoms with Gasteiger partial charge in [-0.1, -0.05) is 12.1 Å². The Bertz CT molecular complexity index is 1200. The van der Waals surface area contributed by atoms with Crippen LogP contribution in [0.2, 0.25) is 0 Å². The van der Waals surface area contributed by atoms with E-state index in [4.69, 9.17) is 9.47 Å². The van der Waals surface area contributed by atoms with Gasteiger partial charge >= 0.3 is 0 Å². The van der Waals surface area contributed by atoms with Gasteiger partial charge in [0.25, 0.3) is 5.56 Å². The molecule has 0 spiro atoms. The van der Waals surface area contributed by atoms with Gasteiger partial charge < -0.3 is 14.8 Å². The number of fused-ring (bicyclic) bond motifs is 1. The van der Waals surface area contributed by atoms with E-state index in [0.29, 0.717) is 41.7 Å². The van der Waals surface area contributed by atoms with Crippen LogP contribution in [-0.4, -0.2) is 34.7 Å². The van der Waals surface area contributed by atoms with Crippen LogP contribution < -0.4 is 20.3 Å². The van der Waals surface area contributed by atoms with Gasteiger partial charge in [-0.2, -0.15) is 5.10 Å². The molecule has 158 valence electrons. The Morgan fingerprint density at radius 3 is 2.65 bits per heavy atom. The Hall–Kier alpha value is -3.94. The lowest BCUT2D eigenvalue weighted by atomic mass is 10.1. The second-order valence-electron chi connectivity index (χ2n) is 7.11. The smallest absolute Gasteiger partial charge is 0.267 e. The minimum Gasteiger partial charge on any atom is -0.490 e. The van der Waals surface area contributed by atoms with E-state index in [1.807, 2.05) is 18.2 Å². The molecule has 1 amide bonds. The maximum absolute atomic E-state index is 12.5. The molecule has 0 fully saturated rings. The van der Waals surface area contributed by atoms with Crippen LogP contribution in [0.15, 0.2) is 59.4 Å². The first-order chi connectivity index (χ1) is 15.0. The number of hydrogen-bond donors (Lipinski definition) is 1. The third-order valence-corrected chi connectivity index (χ3v) is 4.76. The number of rotatable bonds is 5. The Morgan fingerprint density at radius 1 is 1.03 bits per heavy atom. The SMILES string of the molecule is CC(=O)c1cccc(NC(=O)Cn2nc(-c3ccc4c(c3)OCCCO4)ccc2=O)c1. The molecule has 0 radical (unpaired) electrons. The molecule has 3 aromatic rings. The van der Waals surface area contributed by atoms with E-state index < -0.39 is 11.5 Å². The average molecular weight is 419 g/mol. The van der Waals surface area contributed by atoms with Crippen molar-refractivity contribution >= 4 is 17.4 Å². The summed E-state index contributed by atoms with van der Waals surface area (Å²) in [5, 5.41) is 7.03. The van der Waals surface area contributed by atoms with Crippen LogP contribution in [0.5, 0.6) is 11.5 Å². The van der Waals surface area contributed by atoms with Gasteiger partial charge in [0.15, 0.2) is 17.3 Å². The predicted octanol–water partition coefficient (Wildman–Crippen LogP) is 2.91. The standard InChI is InChI=1S/C23H21N3O5/c1-15(27)16-4-2-5-18(12-16)24-22(28)14-26-23(29)9-7-19(25-26)17-6-8-20-21(13-17)31-11-3-10-30-20/h2,4-9,12-13H,3,10-11,14H2,1H3,(H,24,28). The van der Waals surface area contributed by atoms with E-state index in [0.717, 1.165) is 16.7 Å². The second kappa shape index (κ2) is 8.83. The third-order valence-electron chi connectivity index (χ3n) is 4.76. The first-order valence-electron chi connectivity index (χ1n) is 9.89. The molecule has 0 saturated carbocycles. The van der Waals surface area contributed by atoms with Crippen molar-refractivity contribution in [3.63, 3.8) is 0 Å². The fourth-order valence-electron chi connectivity index (χ4n) is 3.19. The fraction of sp³-hybridized carbons (Fsp3) is 0.217. The van der Waals surface area contributed by atoms with E-state index in [9.17, 15) is 14.4 Å². The molecule has 1 N–H and O–H groups in total. The number of hydrogen-bond acceptors (Lipinski definition) is 6. The van der Waals surface area contributed by atoms with Crippen LogP contribution in [0.3, 0.4) is 0 Å². The van der Waals surface area contributed by atoms with Crippen molar-refractivity contribution in [2.75, 3.05) is 18.5 Å². The van der Waals surface area contributed by atoms with Gasteiger partial charge in [0.2, 0.25) is 5.91 Å². The number of ketones is 1. The molecular weight excluding hydrogens is 398 g/mol. The van der Waals surface area contributed by atoms with Gasteiger partial charge in [0.05, 0.1) is 18.9 Å². The summed E-state index contributed by atoms with van der Waals surface area (Å²) in [4.78, 5) is 36.2. The third kappa shape index (κ3) is 4.80. The molecule has 4 rings (SSSR count). The van der Waals surface area contributed by atoms with Gasteiger partial charge in [0, 0.05) is 29.3 Å². The number of nitrogens with one attached hydrogen (secondary N) is 1. The van der Waals surface area contributed by atoms with Gasteiger partial charge in [-0.3, -0.25) is 14.4 Å². The zero-order chi connectivity index (χ0) is 21.8. The van der Waals surface area contributed by atoms with Gasteiger partial charge in [-0.15, -0.1) is 0 Å². The molecule has 2 aromatic carbocycles. The van der Waals surface area contributed by atoms with E-state index in [1.54, 1.807) is 30.3 Å². The number of nitrogens with zero attached hydrogens (tertiary/aromatic N) is 2. The van der Waals surface area contributed by atoms with Crippen LogP contribution in [0.25, 0.3) is 11.3 Å². The maximum atomic E-state index is 12.5. The summed E-state index contributed by atoms with van der Waals surface area (Å²) >= 11 is 0. The lowest BCUT2D eigenvalue weighted by molar-refractivity contribution is -0.117. The lowest BCUT2D eigenvalue weighted by Gasteiger charge is -2.11. The van der Waals surface area contributed by atoms with Crippen molar-refractivity contribution in [3.8, 4) is 22.8 Å². The molecule has 0 saturated heterocycles. The number of aromatic nitrogens is 2. The molecule has 0 unspecified atom stereocenters. The number of carbonyl (C=O) groups excluding carboxylic acids is 2. The van der Waals surface area contributed by atoms with E-state index >= 15 is 0 Å². The number of carbonyl (C=O) groups is 2. The molecule has 0 aliphatic carbocycles. The quantitative estimate of drug-likeness (QED) is 0.639. The van der Waals surface area contributed by atoms with Crippen molar-refractivity contribution in [2.24, 2.45) is 0 Å². The van der Waals surface area contributed by atoms with Gasteiger partial charge in [0.1, 0.15) is 6.54 Å². The van der Waals surface area contributed by atoms with Crippen molar-refractivity contribution in [3.05, 3.63) is 70.5 Å². The van der Waals surface area contributed by atoms with Crippen molar-refractivity contribution in [2.45, 2.75) is 19.9 Å². The largest absolute Gasteiger partial charge is 0.490 e. The van der Waals surface area contributed by atoms with Gasteiger partial charge in [-0.25, -0.2) is 4.68 Å². The van der Waals surface area contributed by atoms with Crippen LogP contribution >= 0.6 is 0 Å². The average Bonchev–Trinajstić information content (AvgIpc) is 3.00.